The Morgan fingerprint density at radius 3 is 2.62 bits per heavy atom. The molecule has 2 aromatic carbocycles. The van der Waals surface area contributed by atoms with Crippen molar-refractivity contribution >= 4 is 5.69 Å². The number of anilines is 1. The number of nitriles is 1. The first-order chi connectivity index (χ1) is 16.4. The summed E-state index contributed by atoms with van der Waals surface area (Å²) < 4.78 is 27.2. The predicted molar refractivity (Wildman–Crippen MR) is 119 cm³/mol. The molecule has 2 aromatic heterocycles. The average Bonchev–Trinajstić information content (AvgIpc) is 3.24. The Bertz CT molecular complexity index is 1420. The molecule has 172 valence electrons. The summed E-state index contributed by atoms with van der Waals surface area (Å²) in [5.41, 5.74) is 0.356. The third-order valence-corrected chi connectivity index (χ3v) is 5.06. The summed E-state index contributed by atoms with van der Waals surface area (Å²) in [5.74, 6) is -0.433. The van der Waals surface area contributed by atoms with Crippen LogP contribution in [0.25, 0.3) is 5.82 Å². The van der Waals surface area contributed by atoms with Crippen molar-refractivity contribution in [3.05, 3.63) is 99.3 Å². The molecular formula is C23H19FN6O4. The van der Waals surface area contributed by atoms with Gasteiger partial charge in [0.15, 0.2) is 17.4 Å². The van der Waals surface area contributed by atoms with E-state index in [0.717, 1.165) is 4.68 Å². The average molecular weight is 462 g/mol. The zero-order chi connectivity index (χ0) is 24.2. The van der Waals surface area contributed by atoms with Crippen molar-refractivity contribution in [1.82, 2.24) is 14.8 Å². The van der Waals surface area contributed by atoms with Crippen LogP contribution in [0.15, 0.2) is 65.6 Å². The van der Waals surface area contributed by atoms with E-state index < -0.39 is 17.5 Å². The van der Waals surface area contributed by atoms with Gasteiger partial charge < -0.3 is 20.0 Å². The lowest BCUT2D eigenvalue weighted by Crippen LogP contribution is -2.35. The maximum Gasteiger partial charge on any atom is 0.440 e. The van der Waals surface area contributed by atoms with E-state index >= 15 is 4.39 Å². The van der Waals surface area contributed by atoms with Crippen LogP contribution in [0.2, 0.25) is 0 Å². The van der Waals surface area contributed by atoms with Gasteiger partial charge in [0, 0.05) is 23.4 Å². The molecule has 0 saturated heterocycles. The van der Waals surface area contributed by atoms with E-state index in [4.69, 9.17) is 14.7 Å². The molecule has 0 aliphatic carbocycles. The van der Waals surface area contributed by atoms with Crippen LogP contribution < -0.4 is 25.2 Å². The highest BCUT2D eigenvalue weighted by atomic mass is 19.1. The lowest BCUT2D eigenvalue weighted by Gasteiger charge is -2.20. The van der Waals surface area contributed by atoms with Crippen molar-refractivity contribution in [3.8, 4) is 23.4 Å². The number of aromatic nitrogens is 4. The summed E-state index contributed by atoms with van der Waals surface area (Å²) in [6.45, 7) is 0. The molecule has 0 amide bonds. The highest BCUT2D eigenvalue weighted by Gasteiger charge is 2.28. The topological polar surface area (TPSA) is 132 Å². The van der Waals surface area contributed by atoms with E-state index in [2.05, 4.69) is 15.4 Å². The van der Waals surface area contributed by atoms with Crippen LogP contribution in [0.3, 0.4) is 0 Å². The molecule has 4 rings (SSSR count). The second-order valence-electron chi connectivity index (χ2n) is 7.11. The minimum absolute atomic E-state index is 0.0317. The molecule has 1 unspecified atom stereocenters. The van der Waals surface area contributed by atoms with Crippen LogP contribution in [0, 0.1) is 22.4 Å². The Hall–Kier alpha value is -4.85. The van der Waals surface area contributed by atoms with E-state index in [-0.39, 0.29) is 23.0 Å². The Labute approximate surface area is 193 Å². The molecule has 0 aliphatic heterocycles. The van der Waals surface area contributed by atoms with E-state index in [9.17, 15) is 10.0 Å². The van der Waals surface area contributed by atoms with Crippen molar-refractivity contribution in [2.24, 2.45) is 0 Å². The third-order valence-electron chi connectivity index (χ3n) is 5.06. The fourth-order valence-electron chi connectivity index (χ4n) is 3.38. The maximum atomic E-state index is 15.4. The number of nitrogens with one attached hydrogen (secondary N) is 2. The molecule has 0 aliphatic rings. The Balaban J connectivity index is 1.87. The van der Waals surface area contributed by atoms with Crippen molar-refractivity contribution in [3.63, 3.8) is 0 Å². The van der Waals surface area contributed by atoms with Crippen molar-refractivity contribution < 1.29 is 18.6 Å². The van der Waals surface area contributed by atoms with Gasteiger partial charge in [-0.25, -0.2) is 13.9 Å². The monoisotopic (exact) mass is 462 g/mol. The Morgan fingerprint density at radius 2 is 1.97 bits per heavy atom. The first-order valence-electron chi connectivity index (χ1n) is 10.0. The predicted octanol–water partition coefficient (Wildman–Crippen LogP) is 2.42. The summed E-state index contributed by atoms with van der Waals surface area (Å²) in [4.78, 5) is 15.3. The SMILES string of the molecule is COc1cc(OC)c(F)c(C(Nc2ccc(C#N)cc2)c2nn(-c3cccc[n+]3[O-])c(=O)[nH]2)c1. The van der Waals surface area contributed by atoms with Gasteiger partial charge in [-0.2, -0.15) is 5.26 Å². The van der Waals surface area contributed by atoms with Crippen molar-refractivity contribution in [1.29, 1.82) is 5.26 Å². The molecule has 10 nitrogen and oxygen atoms in total. The second-order valence-corrected chi connectivity index (χ2v) is 7.11. The van der Waals surface area contributed by atoms with Crippen LogP contribution in [0.4, 0.5) is 10.1 Å². The van der Waals surface area contributed by atoms with E-state index in [1.54, 1.807) is 30.3 Å². The molecule has 2 heterocycles. The summed E-state index contributed by atoms with van der Waals surface area (Å²) in [7, 11) is 2.75. The number of benzene rings is 2. The van der Waals surface area contributed by atoms with E-state index in [0.29, 0.717) is 21.7 Å². The van der Waals surface area contributed by atoms with Gasteiger partial charge in [0.1, 0.15) is 11.8 Å². The Morgan fingerprint density at radius 1 is 1.21 bits per heavy atom. The van der Waals surface area contributed by atoms with Gasteiger partial charge in [-0.15, -0.1) is 0 Å². The standard InChI is InChI=1S/C23H19FN6O4/c1-33-16-11-17(20(24)18(12-16)34-2)21(26-15-8-6-14(13-25)7-9-15)22-27-23(31)30(28-22)19-5-3-4-10-29(19)32/h3-12,21,26H,1-2H3,(H,27,28,31). The minimum Gasteiger partial charge on any atom is -0.711 e. The van der Waals surface area contributed by atoms with Gasteiger partial charge in [0.25, 0.3) is 0 Å². The van der Waals surface area contributed by atoms with Crippen LogP contribution in [0.1, 0.15) is 23.0 Å². The third kappa shape index (κ3) is 4.24. The Kier molecular flexibility index (Phi) is 6.13. The molecule has 1 atom stereocenters. The van der Waals surface area contributed by atoms with Gasteiger partial charge in [-0.3, -0.25) is 4.98 Å². The summed E-state index contributed by atoms with van der Waals surface area (Å²) >= 11 is 0. The number of ether oxygens (including phenoxy) is 2. The highest BCUT2D eigenvalue weighted by Crippen LogP contribution is 2.34. The number of nitrogens with zero attached hydrogens (tertiary/aromatic N) is 4. The molecule has 4 aromatic rings. The number of hydrogen-bond acceptors (Lipinski definition) is 7. The van der Waals surface area contributed by atoms with Gasteiger partial charge >= 0.3 is 11.5 Å². The zero-order valence-corrected chi connectivity index (χ0v) is 18.2. The number of halogens is 1. The molecule has 34 heavy (non-hydrogen) atoms. The summed E-state index contributed by atoms with van der Waals surface area (Å²) in [5, 5.41) is 28.6. The van der Waals surface area contributed by atoms with Crippen molar-refractivity contribution in [2.45, 2.75) is 6.04 Å². The molecule has 11 heteroatoms. The number of methoxy groups -OCH3 is 2. The van der Waals surface area contributed by atoms with Gasteiger partial charge in [-0.05, 0) is 41.1 Å². The molecule has 0 saturated carbocycles. The minimum atomic E-state index is -1.02. The second kappa shape index (κ2) is 9.33. The van der Waals surface area contributed by atoms with Crippen LogP contribution in [-0.4, -0.2) is 29.0 Å². The smallest absolute Gasteiger partial charge is 0.440 e. The summed E-state index contributed by atoms with van der Waals surface area (Å²) in [6, 6.07) is 14.8. The van der Waals surface area contributed by atoms with Gasteiger partial charge in [0.05, 0.1) is 32.0 Å². The molecule has 0 bridgehead atoms. The number of pyridine rings is 1. The summed E-state index contributed by atoms with van der Waals surface area (Å²) in [6.07, 6.45) is 1.23. The zero-order valence-electron chi connectivity index (χ0n) is 18.2. The van der Waals surface area contributed by atoms with Gasteiger partial charge in [-0.1, -0.05) is 11.2 Å². The first kappa shape index (κ1) is 22.3. The van der Waals surface area contributed by atoms with Crippen LogP contribution in [0.5, 0.6) is 11.5 Å². The van der Waals surface area contributed by atoms with E-state index in [1.165, 1.54) is 44.7 Å². The van der Waals surface area contributed by atoms with Crippen LogP contribution >= 0.6 is 0 Å². The van der Waals surface area contributed by atoms with Crippen LogP contribution in [-0.2, 0) is 0 Å². The number of rotatable bonds is 7. The van der Waals surface area contributed by atoms with Gasteiger partial charge in [0.2, 0.25) is 0 Å². The van der Waals surface area contributed by atoms with E-state index in [1.807, 2.05) is 6.07 Å². The largest absolute Gasteiger partial charge is 0.711 e. The normalized spacial score (nSPS) is 11.5. The number of H-pyrrole nitrogens is 1. The fraction of sp³-hybridized carbons (Fsp3) is 0.130. The first-order valence-corrected chi connectivity index (χ1v) is 10.0. The quantitative estimate of drug-likeness (QED) is 0.318. The number of aromatic amines is 1. The highest BCUT2D eigenvalue weighted by molar-refractivity contribution is 5.52. The maximum absolute atomic E-state index is 15.4. The lowest BCUT2D eigenvalue weighted by atomic mass is 10.0. The lowest BCUT2D eigenvalue weighted by molar-refractivity contribution is -0.600. The molecule has 0 fully saturated rings. The molecular weight excluding hydrogens is 443 g/mol. The molecule has 2 N–H and O–H groups in total. The fourth-order valence-corrected chi connectivity index (χ4v) is 3.38. The van der Waals surface area contributed by atoms with Crippen molar-refractivity contribution in [2.75, 3.05) is 19.5 Å². The molecule has 0 radical (unpaired) electrons. The number of hydrogen-bond donors (Lipinski definition) is 2. The molecule has 0 spiro atoms.